The Bertz CT molecular complexity index is 302. The molecule has 0 radical (unpaired) electrons. The van der Waals surface area contributed by atoms with E-state index in [0.29, 0.717) is 5.92 Å². The molecule has 0 spiro atoms. The summed E-state index contributed by atoms with van der Waals surface area (Å²) in [5.74, 6) is 2.25. The summed E-state index contributed by atoms with van der Waals surface area (Å²) in [5.41, 5.74) is 1.19. The van der Waals surface area contributed by atoms with Gasteiger partial charge in [0.1, 0.15) is 0 Å². The van der Waals surface area contributed by atoms with Crippen molar-refractivity contribution < 1.29 is 0 Å². The topological polar surface area (TPSA) is 17.8 Å². The third kappa shape index (κ3) is 2.75. The summed E-state index contributed by atoms with van der Waals surface area (Å²) in [6, 6.07) is 2.11. The first-order valence-electron chi connectivity index (χ1n) is 5.84. The first-order chi connectivity index (χ1) is 7.29. The van der Waals surface area contributed by atoms with Gasteiger partial charge in [0.15, 0.2) is 0 Å². The summed E-state index contributed by atoms with van der Waals surface area (Å²) in [5, 5.41) is 4.43. The van der Waals surface area contributed by atoms with Gasteiger partial charge >= 0.3 is 0 Å². The van der Waals surface area contributed by atoms with E-state index in [-0.39, 0.29) is 0 Å². The number of rotatable bonds is 4. The Labute approximate surface area is 96.6 Å². The van der Waals surface area contributed by atoms with Gasteiger partial charge in [-0.25, -0.2) is 0 Å². The molecule has 0 aliphatic heterocycles. The average Bonchev–Trinajstić information content (AvgIpc) is 2.85. The van der Waals surface area contributed by atoms with E-state index in [1.54, 1.807) is 0 Å². The molecule has 1 atom stereocenters. The predicted octanol–water partition coefficient (Wildman–Crippen LogP) is 3.01. The molecule has 1 aromatic rings. The molecule has 0 saturated heterocycles. The lowest BCUT2D eigenvalue weighted by molar-refractivity contribution is 0.365. The Kier molecular flexibility index (Phi) is 3.68. The molecule has 1 saturated carbocycles. The average molecular weight is 227 g/mol. The molecule has 3 heteroatoms. The minimum absolute atomic E-state index is 0.629. The third-order valence-corrected chi connectivity index (χ3v) is 3.90. The van der Waals surface area contributed by atoms with E-state index in [2.05, 4.69) is 11.2 Å². The SMILES string of the molecule is Cn1ccc(CC(CCl)C2CCCC2)n1. The number of hydrogen-bond donors (Lipinski definition) is 0. The highest BCUT2D eigenvalue weighted by Gasteiger charge is 2.24. The van der Waals surface area contributed by atoms with E-state index in [9.17, 15) is 0 Å². The van der Waals surface area contributed by atoms with E-state index in [1.807, 2.05) is 17.9 Å². The van der Waals surface area contributed by atoms with Crippen molar-refractivity contribution in [3.8, 4) is 0 Å². The van der Waals surface area contributed by atoms with Gasteiger partial charge in [0.2, 0.25) is 0 Å². The van der Waals surface area contributed by atoms with Gasteiger partial charge in [-0.2, -0.15) is 5.10 Å². The van der Waals surface area contributed by atoms with Crippen molar-refractivity contribution in [1.82, 2.24) is 9.78 Å². The molecule has 1 unspecified atom stereocenters. The highest BCUT2D eigenvalue weighted by molar-refractivity contribution is 6.18. The normalized spacial score (nSPS) is 19.6. The maximum Gasteiger partial charge on any atom is 0.0627 e. The minimum atomic E-state index is 0.629. The number of aromatic nitrogens is 2. The molecule has 1 aliphatic rings. The van der Waals surface area contributed by atoms with E-state index in [1.165, 1.54) is 31.4 Å². The Morgan fingerprint density at radius 3 is 2.80 bits per heavy atom. The fourth-order valence-corrected chi connectivity index (χ4v) is 2.98. The lowest BCUT2D eigenvalue weighted by Gasteiger charge is -2.19. The molecule has 0 N–H and O–H groups in total. The molecular weight excluding hydrogens is 208 g/mol. The second-order valence-electron chi connectivity index (χ2n) is 4.64. The van der Waals surface area contributed by atoms with Gasteiger partial charge in [-0.05, 0) is 24.3 Å². The van der Waals surface area contributed by atoms with Crippen LogP contribution in [0.5, 0.6) is 0 Å². The van der Waals surface area contributed by atoms with Gasteiger partial charge in [0.25, 0.3) is 0 Å². The molecule has 2 nitrogen and oxygen atoms in total. The van der Waals surface area contributed by atoms with Crippen molar-refractivity contribution in [3.05, 3.63) is 18.0 Å². The van der Waals surface area contributed by atoms with Gasteiger partial charge in [-0.1, -0.05) is 25.7 Å². The maximum atomic E-state index is 6.07. The molecule has 84 valence electrons. The minimum Gasteiger partial charge on any atom is -0.276 e. The smallest absolute Gasteiger partial charge is 0.0627 e. The van der Waals surface area contributed by atoms with Crippen LogP contribution in [-0.4, -0.2) is 15.7 Å². The highest BCUT2D eigenvalue weighted by Crippen LogP contribution is 2.33. The first-order valence-corrected chi connectivity index (χ1v) is 6.37. The van der Waals surface area contributed by atoms with Gasteiger partial charge in [-0.3, -0.25) is 4.68 Å². The summed E-state index contributed by atoms with van der Waals surface area (Å²) >= 11 is 6.07. The second kappa shape index (κ2) is 5.02. The summed E-state index contributed by atoms with van der Waals surface area (Å²) in [6.07, 6.45) is 8.57. The highest BCUT2D eigenvalue weighted by atomic mass is 35.5. The van der Waals surface area contributed by atoms with Crippen LogP contribution < -0.4 is 0 Å². The van der Waals surface area contributed by atoms with Gasteiger partial charge < -0.3 is 0 Å². The molecule has 0 aromatic carbocycles. The largest absolute Gasteiger partial charge is 0.276 e. The quantitative estimate of drug-likeness (QED) is 0.722. The number of halogens is 1. The summed E-state index contributed by atoms with van der Waals surface area (Å²) in [4.78, 5) is 0. The molecule has 1 fully saturated rings. The van der Waals surface area contributed by atoms with Gasteiger partial charge in [-0.15, -0.1) is 11.6 Å². The fourth-order valence-electron chi connectivity index (χ4n) is 2.62. The predicted molar refractivity (Wildman–Crippen MR) is 63.1 cm³/mol. The fraction of sp³-hybridized carbons (Fsp3) is 0.750. The number of hydrogen-bond acceptors (Lipinski definition) is 1. The zero-order valence-corrected chi connectivity index (χ0v) is 10.1. The Hall–Kier alpha value is -0.500. The van der Waals surface area contributed by atoms with Gasteiger partial charge in [0, 0.05) is 19.1 Å². The Balaban J connectivity index is 1.95. The lowest BCUT2D eigenvalue weighted by atomic mass is 9.89. The standard InChI is InChI=1S/C12H19ClN2/c1-15-7-6-12(14-15)8-11(9-13)10-4-2-3-5-10/h6-7,10-11H,2-5,8-9H2,1H3. The third-order valence-electron chi connectivity index (χ3n) is 3.50. The van der Waals surface area contributed by atoms with E-state index >= 15 is 0 Å². The zero-order chi connectivity index (χ0) is 10.7. The van der Waals surface area contributed by atoms with Crippen molar-refractivity contribution in [2.24, 2.45) is 18.9 Å². The number of nitrogens with zero attached hydrogens (tertiary/aromatic N) is 2. The van der Waals surface area contributed by atoms with Crippen LogP contribution in [0.3, 0.4) is 0 Å². The van der Waals surface area contributed by atoms with Crippen molar-refractivity contribution in [2.45, 2.75) is 32.1 Å². The van der Waals surface area contributed by atoms with Crippen molar-refractivity contribution in [1.29, 1.82) is 0 Å². The molecule has 0 bridgehead atoms. The van der Waals surface area contributed by atoms with E-state index < -0.39 is 0 Å². The molecular formula is C12H19ClN2. The number of alkyl halides is 1. The molecule has 1 aliphatic carbocycles. The molecule has 1 heterocycles. The maximum absolute atomic E-state index is 6.07. The van der Waals surface area contributed by atoms with Crippen molar-refractivity contribution in [2.75, 3.05) is 5.88 Å². The Morgan fingerprint density at radius 2 is 2.27 bits per heavy atom. The number of aryl methyl sites for hydroxylation is 1. The molecule has 15 heavy (non-hydrogen) atoms. The van der Waals surface area contributed by atoms with Crippen molar-refractivity contribution >= 4 is 11.6 Å². The van der Waals surface area contributed by atoms with E-state index in [0.717, 1.165) is 18.2 Å². The second-order valence-corrected chi connectivity index (χ2v) is 4.95. The summed E-state index contributed by atoms with van der Waals surface area (Å²) in [7, 11) is 1.97. The van der Waals surface area contributed by atoms with Crippen LogP contribution >= 0.6 is 11.6 Å². The van der Waals surface area contributed by atoms with Gasteiger partial charge in [0.05, 0.1) is 5.69 Å². The van der Waals surface area contributed by atoms with Crippen molar-refractivity contribution in [3.63, 3.8) is 0 Å². The van der Waals surface area contributed by atoms with Crippen LogP contribution in [0.25, 0.3) is 0 Å². The summed E-state index contributed by atoms with van der Waals surface area (Å²) in [6.45, 7) is 0. The van der Waals surface area contributed by atoms with E-state index in [4.69, 9.17) is 11.6 Å². The molecule has 2 rings (SSSR count). The molecule has 1 aromatic heterocycles. The van der Waals surface area contributed by atoms with Crippen LogP contribution in [-0.2, 0) is 13.5 Å². The zero-order valence-electron chi connectivity index (χ0n) is 9.32. The van der Waals surface area contributed by atoms with Crippen LogP contribution in [0, 0.1) is 11.8 Å². The lowest BCUT2D eigenvalue weighted by Crippen LogP contribution is -2.16. The Morgan fingerprint density at radius 1 is 1.53 bits per heavy atom. The first kappa shape index (κ1) is 11.0. The van der Waals surface area contributed by atoms with Crippen LogP contribution in [0.4, 0.5) is 0 Å². The van der Waals surface area contributed by atoms with Crippen LogP contribution in [0.15, 0.2) is 12.3 Å². The molecule has 0 amide bonds. The monoisotopic (exact) mass is 226 g/mol. The van der Waals surface area contributed by atoms with Crippen LogP contribution in [0.1, 0.15) is 31.4 Å². The van der Waals surface area contributed by atoms with Crippen LogP contribution in [0.2, 0.25) is 0 Å². The summed E-state index contributed by atoms with van der Waals surface area (Å²) < 4.78 is 1.87.